The van der Waals surface area contributed by atoms with Crippen molar-refractivity contribution in [3.05, 3.63) is 95.2 Å². The Hall–Kier alpha value is -5.75. The van der Waals surface area contributed by atoms with E-state index in [2.05, 4.69) is 31.3 Å². The van der Waals surface area contributed by atoms with Crippen LogP contribution in [0.3, 0.4) is 0 Å². The average molecular weight is 764 g/mol. The third-order valence-electron chi connectivity index (χ3n) is 9.16. The third-order valence-corrected chi connectivity index (χ3v) is 9.76. The van der Waals surface area contributed by atoms with Crippen molar-refractivity contribution in [2.75, 3.05) is 68.2 Å². The summed E-state index contributed by atoms with van der Waals surface area (Å²) in [6, 6.07) is 22.2. The predicted molar refractivity (Wildman–Crippen MR) is 215 cm³/mol. The molecule has 0 saturated carbocycles. The predicted octanol–water partition coefficient (Wildman–Crippen LogP) is 6.86. The number of nitriles is 1. The summed E-state index contributed by atoms with van der Waals surface area (Å²) in [5.74, 6) is 0.762. The molecule has 1 amide bonds. The molecular weight excluding hydrogens is 719 g/mol. The van der Waals surface area contributed by atoms with Gasteiger partial charge in [-0.1, -0.05) is 32.9 Å². The number of morpholine rings is 1. The fraction of sp³-hybridized carbons (Fsp3) is 0.317. The van der Waals surface area contributed by atoms with Gasteiger partial charge < -0.3 is 24.8 Å². The van der Waals surface area contributed by atoms with Crippen molar-refractivity contribution in [3.63, 3.8) is 0 Å². The van der Waals surface area contributed by atoms with Gasteiger partial charge in [-0.2, -0.15) is 5.26 Å². The number of nitrogens with zero attached hydrogens (tertiary/aromatic N) is 4. The molecule has 4 aromatic carbocycles. The molecule has 1 aliphatic rings. The number of benzene rings is 4. The van der Waals surface area contributed by atoms with E-state index in [1.807, 2.05) is 64.1 Å². The molecule has 0 radical (unpaired) electrons. The molecule has 0 bridgehead atoms. The van der Waals surface area contributed by atoms with Gasteiger partial charge in [0, 0.05) is 48.5 Å². The Balaban J connectivity index is 1.21. The van der Waals surface area contributed by atoms with Gasteiger partial charge in [0.25, 0.3) is 5.91 Å². The molecule has 0 spiro atoms. The Labute approximate surface area is 321 Å². The van der Waals surface area contributed by atoms with Gasteiger partial charge in [0.15, 0.2) is 5.75 Å². The van der Waals surface area contributed by atoms with Crippen LogP contribution in [-0.4, -0.2) is 82.0 Å². The summed E-state index contributed by atoms with van der Waals surface area (Å²) in [6.07, 6.45) is 2.79. The third kappa shape index (κ3) is 9.87. The van der Waals surface area contributed by atoms with E-state index in [0.717, 1.165) is 66.7 Å². The molecule has 5 aromatic rings. The Morgan fingerprint density at radius 2 is 1.78 bits per heavy atom. The number of carbonyl (C=O) groups excluding carboxylic acids is 1. The molecule has 1 aliphatic heterocycles. The number of aryl methyl sites for hydroxylation is 1. The molecule has 55 heavy (non-hydrogen) atoms. The lowest BCUT2D eigenvalue weighted by atomic mass is 9.86. The Morgan fingerprint density at radius 1 is 1.02 bits per heavy atom. The lowest BCUT2D eigenvalue weighted by Crippen LogP contribution is -2.38. The summed E-state index contributed by atoms with van der Waals surface area (Å²) in [5.41, 5.74) is 5.91. The minimum atomic E-state index is -3.63. The van der Waals surface area contributed by atoms with Crippen molar-refractivity contribution >= 4 is 49.8 Å². The number of sulfonamides is 1. The van der Waals surface area contributed by atoms with E-state index < -0.39 is 10.0 Å². The molecule has 286 valence electrons. The largest absolute Gasteiger partial charge is 0.492 e. The zero-order valence-electron chi connectivity index (χ0n) is 31.8. The van der Waals surface area contributed by atoms with E-state index in [1.54, 1.807) is 36.5 Å². The highest BCUT2D eigenvalue weighted by molar-refractivity contribution is 7.92. The molecule has 14 heteroatoms. The molecular formula is C41H45N7O6S. The number of rotatable bonds is 12. The first-order valence-electron chi connectivity index (χ1n) is 17.8. The molecule has 2 heterocycles. The molecule has 0 aliphatic carbocycles. The molecule has 1 fully saturated rings. The van der Waals surface area contributed by atoms with Gasteiger partial charge in [0.2, 0.25) is 16.0 Å². The van der Waals surface area contributed by atoms with E-state index in [4.69, 9.17) is 19.2 Å². The summed E-state index contributed by atoms with van der Waals surface area (Å²) in [5, 5.41) is 16.6. The van der Waals surface area contributed by atoms with E-state index in [1.165, 1.54) is 7.11 Å². The number of hydrogen-bond donors (Lipinski definition) is 3. The maximum atomic E-state index is 13.7. The first-order chi connectivity index (χ1) is 26.2. The van der Waals surface area contributed by atoms with Crippen molar-refractivity contribution in [1.29, 1.82) is 5.26 Å². The topological polar surface area (TPSA) is 168 Å². The molecule has 1 aromatic heterocycles. The van der Waals surface area contributed by atoms with Crippen LogP contribution in [0.1, 0.15) is 47.8 Å². The first-order valence-corrected chi connectivity index (χ1v) is 19.7. The van der Waals surface area contributed by atoms with Gasteiger partial charge in [-0.25, -0.2) is 18.4 Å². The van der Waals surface area contributed by atoms with Crippen LogP contribution < -0.4 is 24.8 Å². The Morgan fingerprint density at radius 3 is 2.49 bits per heavy atom. The summed E-state index contributed by atoms with van der Waals surface area (Å²) >= 11 is 0. The highest BCUT2D eigenvalue weighted by Crippen LogP contribution is 2.39. The van der Waals surface area contributed by atoms with Gasteiger partial charge >= 0.3 is 0 Å². The van der Waals surface area contributed by atoms with Crippen LogP contribution >= 0.6 is 0 Å². The number of carbonyl (C=O) groups is 1. The van der Waals surface area contributed by atoms with Gasteiger partial charge in [-0.3, -0.25) is 14.4 Å². The van der Waals surface area contributed by atoms with E-state index in [0.29, 0.717) is 46.3 Å². The van der Waals surface area contributed by atoms with Crippen molar-refractivity contribution in [2.24, 2.45) is 0 Å². The standard InChI is InChI=1S/C41H45N7O6S/c1-26-7-8-29(39(49)45-36-21-31(41(2,3)4)22-37(38(36)52-5)47-55(6,50)51)20-34(26)28-9-10-35-30(19-28)25-43-40(46-35)44-32-17-27(24-42)18-33(23-32)54-16-13-48-11-14-53-15-12-48/h7-10,17-23,25,47H,11-16H2,1-6H3,(H,45,49)(H,43,44,46). The van der Waals surface area contributed by atoms with Crippen LogP contribution in [-0.2, 0) is 20.2 Å². The van der Waals surface area contributed by atoms with Gasteiger partial charge in [-0.05, 0) is 83.1 Å². The SMILES string of the molecule is COc1c(NC(=O)c2ccc(C)c(-c3ccc4nc(Nc5cc(C#N)cc(OCCN6CCOCC6)c5)ncc4c3)c2)cc(C(C)(C)C)cc1NS(C)(=O)=O. The van der Waals surface area contributed by atoms with Gasteiger partial charge in [-0.15, -0.1) is 0 Å². The number of hydrogen-bond acceptors (Lipinski definition) is 11. The number of ether oxygens (including phenoxy) is 3. The number of aromatic nitrogens is 2. The first kappa shape index (κ1) is 39.0. The maximum Gasteiger partial charge on any atom is 0.255 e. The highest BCUT2D eigenvalue weighted by atomic mass is 32.2. The van der Waals surface area contributed by atoms with Crippen molar-refractivity contribution < 1.29 is 27.4 Å². The van der Waals surface area contributed by atoms with Crippen molar-refractivity contribution in [3.8, 4) is 28.7 Å². The summed E-state index contributed by atoms with van der Waals surface area (Å²) < 4.78 is 43.9. The number of amides is 1. The quantitative estimate of drug-likeness (QED) is 0.121. The van der Waals surface area contributed by atoms with E-state index in [-0.39, 0.29) is 22.8 Å². The van der Waals surface area contributed by atoms with Crippen LogP contribution in [0.5, 0.6) is 11.5 Å². The molecule has 0 atom stereocenters. The van der Waals surface area contributed by atoms with Crippen LogP contribution in [0, 0.1) is 18.3 Å². The smallest absolute Gasteiger partial charge is 0.255 e. The monoisotopic (exact) mass is 763 g/mol. The molecule has 13 nitrogen and oxygen atoms in total. The minimum Gasteiger partial charge on any atom is -0.492 e. The lowest BCUT2D eigenvalue weighted by molar-refractivity contribution is 0.0322. The van der Waals surface area contributed by atoms with Crippen LogP contribution in [0.2, 0.25) is 0 Å². The fourth-order valence-corrected chi connectivity index (χ4v) is 6.80. The summed E-state index contributed by atoms with van der Waals surface area (Å²) in [7, 11) is -2.20. The maximum absolute atomic E-state index is 13.7. The summed E-state index contributed by atoms with van der Waals surface area (Å²) in [4.78, 5) is 25.3. The van der Waals surface area contributed by atoms with Crippen LogP contribution in [0.15, 0.2) is 72.9 Å². The molecule has 6 rings (SSSR count). The zero-order valence-corrected chi connectivity index (χ0v) is 32.6. The second-order valence-corrected chi connectivity index (χ2v) is 16.2. The molecule has 0 unspecified atom stereocenters. The number of nitrogens with one attached hydrogen (secondary N) is 3. The number of fused-ring (bicyclic) bond motifs is 1. The fourth-order valence-electron chi connectivity index (χ4n) is 6.25. The number of anilines is 4. The van der Waals surface area contributed by atoms with Gasteiger partial charge in [0.05, 0.1) is 55.1 Å². The highest BCUT2D eigenvalue weighted by Gasteiger charge is 2.23. The number of methoxy groups -OCH3 is 1. The zero-order chi connectivity index (χ0) is 39.3. The van der Waals surface area contributed by atoms with Crippen molar-refractivity contribution in [2.45, 2.75) is 33.1 Å². The average Bonchev–Trinajstić information content (AvgIpc) is 3.14. The summed E-state index contributed by atoms with van der Waals surface area (Å²) in [6.45, 7) is 12.4. The van der Waals surface area contributed by atoms with Crippen molar-refractivity contribution in [1.82, 2.24) is 14.9 Å². The second-order valence-electron chi connectivity index (χ2n) is 14.5. The Kier molecular flexibility index (Phi) is 11.6. The van der Waals surface area contributed by atoms with Gasteiger partial charge in [0.1, 0.15) is 12.4 Å². The lowest BCUT2D eigenvalue weighted by Gasteiger charge is -2.26. The molecule has 1 saturated heterocycles. The van der Waals surface area contributed by atoms with E-state index >= 15 is 0 Å². The van der Waals surface area contributed by atoms with E-state index in [9.17, 15) is 18.5 Å². The molecule has 3 N–H and O–H groups in total. The second kappa shape index (κ2) is 16.3. The van der Waals surface area contributed by atoms with Crippen LogP contribution in [0.4, 0.5) is 23.0 Å². The normalized spacial score (nSPS) is 13.5. The van der Waals surface area contributed by atoms with Crippen LogP contribution in [0.25, 0.3) is 22.0 Å². The minimum absolute atomic E-state index is 0.202. The Bertz CT molecular complexity index is 2380.